The van der Waals surface area contributed by atoms with Crippen LogP contribution in [0.5, 0.6) is 0 Å². The van der Waals surface area contributed by atoms with Crippen LogP contribution in [0.4, 0.5) is 0 Å². The van der Waals surface area contributed by atoms with Gasteiger partial charge in [-0.25, -0.2) is 4.99 Å². The predicted molar refractivity (Wildman–Crippen MR) is 138 cm³/mol. The summed E-state index contributed by atoms with van der Waals surface area (Å²) in [7, 11) is 2.16. The average molecular weight is 535 g/mol. The third-order valence-corrected chi connectivity index (χ3v) is 4.72. The van der Waals surface area contributed by atoms with Gasteiger partial charge in [0.2, 0.25) is 0 Å². The number of nitrogens with one attached hydrogen (secondary N) is 2. The molecule has 0 amide bonds. The lowest BCUT2D eigenvalue weighted by molar-refractivity contribution is 0.0487. The smallest absolute Gasteiger partial charge is 0.191 e. The Balaban J connectivity index is 0.00000841. The first-order valence-electron chi connectivity index (χ1n) is 11.0. The summed E-state index contributed by atoms with van der Waals surface area (Å²) in [6, 6.07) is 9.06. The van der Waals surface area contributed by atoms with Crippen molar-refractivity contribution in [2.45, 2.75) is 59.7 Å². The molecule has 0 atom stereocenters. The molecule has 0 spiro atoms. The minimum atomic E-state index is 0. The molecule has 0 radical (unpaired) electrons. The summed E-state index contributed by atoms with van der Waals surface area (Å²) in [6.45, 7) is 14.6. The lowest BCUT2D eigenvalue weighted by Crippen LogP contribution is -2.39. The van der Waals surface area contributed by atoms with E-state index in [4.69, 9.17) is 14.5 Å². The molecule has 1 aromatic carbocycles. The van der Waals surface area contributed by atoms with Crippen molar-refractivity contribution in [1.29, 1.82) is 0 Å². The van der Waals surface area contributed by atoms with E-state index in [-0.39, 0.29) is 24.0 Å². The molecule has 0 aromatic heterocycles. The number of halogens is 1. The van der Waals surface area contributed by atoms with E-state index in [0.717, 1.165) is 45.0 Å². The van der Waals surface area contributed by atoms with E-state index in [9.17, 15) is 0 Å². The van der Waals surface area contributed by atoms with Crippen LogP contribution in [0.2, 0.25) is 0 Å². The Morgan fingerprint density at radius 3 is 2.30 bits per heavy atom. The second kappa shape index (κ2) is 18.8. The maximum absolute atomic E-state index is 5.61. The lowest BCUT2D eigenvalue weighted by atomic mass is 10.1. The van der Waals surface area contributed by atoms with Crippen LogP contribution >= 0.6 is 24.0 Å². The number of hydrogen-bond donors (Lipinski definition) is 2. The van der Waals surface area contributed by atoms with E-state index in [0.29, 0.717) is 32.4 Å². The fourth-order valence-electron chi connectivity index (χ4n) is 2.63. The van der Waals surface area contributed by atoms with Gasteiger partial charge in [0.25, 0.3) is 0 Å². The minimum absolute atomic E-state index is 0. The molecule has 7 heteroatoms. The molecule has 174 valence electrons. The molecule has 2 N–H and O–H groups in total. The third-order valence-electron chi connectivity index (χ3n) is 4.72. The zero-order chi connectivity index (χ0) is 21.3. The van der Waals surface area contributed by atoms with E-state index in [2.05, 4.69) is 74.5 Å². The van der Waals surface area contributed by atoms with Gasteiger partial charge in [0.1, 0.15) is 0 Å². The van der Waals surface area contributed by atoms with Crippen molar-refractivity contribution in [2.24, 2.45) is 4.99 Å². The topological polar surface area (TPSA) is 58.1 Å². The summed E-state index contributed by atoms with van der Waals surface area (Å²) >= 11 is 0. The first kappa shape index (κ1) is 29.1. The molecule has 1 aromatic rings. The van der Waals surface area contributed by atoms with E-state index < -0.39 is 0 Å². The van der Waals surface area contributed by atoms with Crippen LogP contribution in [0.25, 0.3) is 0 Å². The van der Waals surface area contributed by atoms with Crippen molar-refractivity contribution in [3.63, 3.8) is 0 Å². The monoisotopic (exact) mass is 534 g/mol. The summed E-state index contributed by atoms with van der Waals surface area (Å²) in [5.41, 5.74) is 2.59. The SMILES string of the molecule is CCCCOCCOCCNC(=NCc1ccccc1CN(C)C(C)C)NCC.I. The van der Waals surface area contributed by atoms with Crippen molar-refractivity contribution < 1.29 is 9.47 Å². The number of rotatable bonds is 15. The van der Waals surface area contributed by atoms with Gasteiger partial charge in [-0.2, -0.15) is 0 Å². The number of ether oxygens (including phenoxy) is 2. The molecule has 0 unspecified atom stereocenters. The Kier molecular flexibility index (Phi) is 18.3. The van der Waals surface area contributed by atoms with Crippen molar-refractivity contribution in [3.8, 4) is 0 Å². The molecule has 0 heterocycles. The van der Waals surface area contributed by atoms with E-state index >= 15 is 0 Å². The van der Waals surface area contributed by atoms with Crippen molar-refractivity contribution in [2.75, 3.05) is 46.6 Å². The Morgan fingerprint density at radius 2 is 1.67 bits per heavy atom. The number of guanidine groups is 1. The van der Waals surface area contributed by atoms with Gasteiger partial charge >= 0.3 is 0 Å². The van der Waals surface area contributed by atoms with Gasteiger partial charge in [-0.1, -0.05) is 37.6 Å². The van der Waals surface area contributed by atoms with Crippen LogP contribution in [0.1, 0.15) is 51.7 Å². The van der Waals surface area contributed by atoms with Crippen molar-refractivity contribution in [1.82, 2.24) is 15.5 Å². The molecule has 6 nitrogen and oxygen atoms in total. The van der Waals surface area contributed by atoms with Crippen LogP contribution in [0.15, 0.2) is 29.3 Å². The number of benzene rings is 1. The minimum Gasteiger partial charge on any atom is -0.379 e. The van der Waals surface area contributed by atoms with E-state index in [1.165, 1.54) is 11.1 Å². The van der Waals surface area contributed by atoms with Gasteiger partial charge in [0.05, 0.1) is 26.4 Å². The summed E-state index contributed by atoms with van der Waals surface area (Å²) < 4.78 is 11.1. The quantitative estimate of drug-likeness (QED) is 0.154. The highest BCUT2D eigenvalue weighted by Crippen LogP contribution is 2.13. The van der Waals surface area contributed by atoms with Gasteiger partial charge < -0.3 is 20.1 Å². The molecule has 0 bridgehead atoms. The second-order valence-electron chi connectivity index (χ2n) is 7.48. The predicted octanol–water partition coefficient (Wildman–Crippen LogP) is 4.03. The van der Waals surface area contributed by atoms with Crippen LogP contribution in [-0.4, -0.2) is 63.5 Å². The molecule has 30 heavy (non-hydrogen) atoms. The summed E-state index contributed by atoms with van der Waals surface area (Å²) in [5.74, 6) is 0.822. The summed E-state index contributed by atoms with van der Waals surface area (Å²) in [6.07, 6.45) is 2.27. The van der Waals surface area contributed by atoms with Crippen molar-refractivity contribution >= 4 is 29.9 Å². The maximum atomic E-state index is 5.61. The van der Waals surface area contributed by atoms with Gasteiger partial charge in [-0.15, -0.1) is 24.0 Å². The van der Waals surface area contributed by atoms with Crippen LogP contribution in [-0.2, 0) is 22.6 Å². The largest absolute Gasteiger partial charge is 0.379 e. The zero-order valence-electron chi connectivity index (χ0n) is 19.6. The third kappa shape index (κ3) is 13.4. The molecular weight excluding hydrogens is 491 g/mol. The van der Waals surface area contributed by atoms with Crippen LogP contribution < -0.4 is 10.6 Å². The molecule has 1 rings (SSSR count). The van der Waals surface area contributed by atoms with E-state index in [1.807, 2.05) is 0 Å². The molecule has 0 saturated heterocycles. The van der Waals surface area contributed by atoms with Crippen LogP contribution in [0, 0.1) is 0 Å². The van der Waals surface area contributed by atoms with Gasteiger partial charge in [-0.3, -0.25) is 4.90 Å². The Bertz CT molecular complexity index is 570. The first-order valence-corrected chi connectivity index (χ1v) is 11.0. The average Bonchev–Trinajstić information content (AvgIpc) is 2.71. The number of nitrogens with zero attached hydrogens (tertiary/aromatic N) is 2. The molecule has 0 aliphatic carbocycles. The van der Waals surface area contributed by atoms with Gasteiger partial charge in [0.15, 0.2) is 5.96 Å². The fraction of sp³-hybridized carbons (Fsp3) is 0.696. The van der Waals surface area contributed by atoms with Gasteiger partial charge in [0, 0.05) is 32.3 Å². The summed E-state index contributed by atoms with van der Waals surface area (Å²) in [4.78, 5) is 7.10. The fourth-order valence-corrected chi connectivity index (χ4v) is 2.63. The molecule has 0 aliphatic heterocycles. The zero-order valence-corrected chi connectivity index (χ0v) is 21.9. The second-order valence-corrected chi connectivity index (χ2v) is 7.48. The lowest BCUT2D eigenvalue weighted by Gasteiger charge is -2.22. The highest BCUT2D eigenvalue weighted by Gasteiger charge is 2.08. The molecule has 0 fully saturated rings. The molecule has 0 aliphatic rings. The number of aliphatic imine (C=N–C) groups is 1. The van der Waals surface area contributed by atoms with Gasteiger partial charge in [-0.05, 0) is 45.4 Å². The Labute approximate surface area is 201 Å². The highest BCUT2D eigenvalue weighted by atomic mass is 127. The molecule has 0 saturated carbocycles. The molecular formula is C23H43IN4O2. The normalized spacial score (nSPS) is 11.6. The number of unbranched alkanes of at least 4 members (excludes halogenated alkanes) is 1. The Morgan fingerprint density at radius 1 is 1.00 bits per heavy atom. The van der Waals surface area contributed by atoms with Crippen LogP contribution in [0.3, 0.4) is 0 Å². The number of hydrogen-bond acceptors (Lipinski definition) is 4. The maximum Gasteiger partial charge on any atom is 0.191 e. The summed E-state index contributed by atoms with van der Waals surface area (Å²) in [5, 5.41) is 6.65. The Hall–Kier alpha value is -0.900. The standard InChI is InChI=1S/C23H42N4O2.HI/c1-6-8-14-28-16-17-29-15-13-25-23(24-7-2)26-18-21-11-9-10-12-22(21)19-27(5)20(3)4;/h9-12,20H,6-8,13-19H2,1-5H3,(H2,24,25,26);1H. The van der Waals surface area contributed by atoms with Crippen molar-refractivity contribution in [3.05, 3.63) is 35.4 Å². The van der Waals surface area contributed by atoms with E-state index in [1.54, 1.807) is 0 Å². The first-order chi connectivity index (χ1) is 14.1. The highest BCUT2D eigenvalue weighted by molar-refractivity contribution is 14.0.